The zero-order chi connectivity index (χ0) is 23.7. The average molecular weight is 485 g/mol. The third kappa shape index (κ3) is 6.83. The lowest BCUT2D eigenvalue weighted by molar-refractivity contribution is -0.118. The minimum Gasteiger partial charge on any atom is -0.495 e. The molecule has 0 bridgehead atoms. The Hall–Kier alpha value is -2.84. The van der Waals surface area contributed by atoms with E-state index < -0.39 is 0 Å². The number of halogens is 2. The summed E-state index contributed by atoms with van der Waals surface area (Å²) >= 11 is 12.1. The first kappa shape index (κ1) is 25.4. The first-order valence-electron chi connectivity index (χ1n) is 9.75. The van der Waals surface area contributed by atoms with Crippen molar-refractivity contribution in [1.82, 2.24) is 0 Å². The SMILES string of the molecule is COc1cc(NC(=O)CCCCC(=O)Nc2cc(OC)c(Cl)cc2OC)c(OC)cc1Cl. The average Bonchev–Trinajstić information content (AvgIpc) is 2.78. The number of unbranched alkanes of at least 4 members (excludes halogenated alkanes) is 1. The molecule has 0 unspecified atom stereocenters. The number of hydrogen-bond acceptors (Lipinski definition) is 6. The molecule has 2 amide bonds. The van der Waals surface area contributed by atoms with Gasteiger partial charge < -0.3 is 29.6 Å². The van der Waals surface area contributed by atoms with Crippen LogP contribution in [0.5, 0.6) is 23.0 Å². The van der Waals surface area contributed by atoms with E-state index in [9.17, 15) is 9.59 Å². The number of amides is 2. The lowest BCUT2D eigenvalue weighted by Gasteiger charge is -2.13. The number of ether oxygens (including phenoxy) is 4. The molecule has 0 atom stereocenters. The molecule has 174 valence electrons. The third-order valence-electron chi connectivity index (χ3n) is 4.55. The summed E-state index contributed by atoms with van der Waals surface area (Å²) in [4.78, 5) is 24.6. The number of hydrogen-bond donors (Lipinski definition) is 2. The number of anilines is 2. The van der Waals surface area contributed by atoms with Gasteiger partial charge >= 0.3 is 0 Å². The van der Waals surface area contributed by atoms with Crippen LogP contribution in [0, 0.1) is 0 Å². The van der Waals surface area contributed by atoms with Gasteiger partial charge in [-0.2, -0.15) is 0 Å². The normalized spacial score (nSPS) is 10.3. The minimum absolute atomic E-state index is 0.211. The largest absolute Gasteiger partial charge is 0.495 e. The van der Waals surface area contributed by atoms with E-state index in [1.54, 1.807) is 24.3 Å². The zero-order valence-electron chi connectivity index (χ0n) is 18.3. The van der Waals surface area contributed by atoms with Gasteiger partial charge in [0, 0.05) is 37.1 Å². The number of nitrogens with one attached hydrogen (secondary N) is 2. The molecule has 0 radical (unpaired) electrons. The van der Waals surface area contributed by atoms with Crippen molar-refractivity contribution >= 4 is 46.4 Å². The lowest BCUT2D eigenvalue weighted by atomic mass is 10.1. The third-order valence-corrected chi connectivity index (χ3v) is 5.14. The maximum atomic E-state index is 12.3. The van der Waals surface area contributed by atoms with Gasteiger partial charge in [0.2, 0.25) is 11.8 Å². The Balaban J connectivity index is 1.85. The van der Waals surface area contributed by atoms with E-state index in [0.29, 0.717) is 57.3 Å². The highest BCUT2D eigenvalue weighted by Gasteiger charge is 2.14. The highest BCUT2D eigenvalue weighted by molar-refractivity contribution is 6.32. The van der Waals surface area contributed by atoms with E-state index in [-0.39, 0.29) is 24.7 Å². The van der Waals surface area contributed by atoms with Crippen LogP contribution in [-0.4, -0.2) is 40.3 Å². The summed E-state index contributed by atoms with van der Waals surface area (Å²) in [7, 11) is 5.94. The summed E-state index contributed by atoms with van der Waals surface area (Å²) < 4.78 is 20.8. The van der Waals surface area contributed by atoms with Crippen LogP contribution < -0.4 is 29.6 Å². The van der Waals surface area contributed by atoms with Gasteiger partial charge in [-0.05, 0) is 12.8 Å². The molecule has 0 aliphatic rings. The van der Waals surface area contributed by atoms with Crippen LogP contribution in [0.2, 0.25) is 10.0 Å². The van der Waals surface area contributed by atoms with Gasteiger partial charge in [0.1, 0.15) is 23.0 Å². The van der Waals surface area contributed by atoms with Crippen LogP contribution in [0.1, 0.15) is 25.7 Å². The highest BCUT2D eigenvalue weighted by Crippen LogP contribution is 2.37. The van der Waals surface area contributed by atoms with Crippen molar-refractivity contribution in [2.24, 2.45) is 0 Å². The van der Waals surface area contributed by atoms with Gasteiger partial charge in [-0.3, -0.25) is 9.59 Å². The van der Waals surface area contributed by atoms with Crippen molar-refractivity contribution in [1.29, 1.82) is 0 Å². The molecule has 32 heavy (non-hydrogen) atoms. The monoisotopic (exact) mass is 484 g/mol. The molecule has 0 aliphatic carbocycles. The fraction of sp³-hybridized carbons (Fsp3) is 0.364. The molecule has 2 aromatic carbocycles. The number of carbonyl (C=O) groups is 2. The molecular weight excluding hydrogens is 459 g/mol. The molecule has 0 heterocycles. The van der Waals surface area contributed by atoms with Crippen LogP contribution in [0.25, 0.3) is 0 Å². The number of benzene rings is 2. The first-order chi connectivity index (χ1) is 15.3. The van der Waals surface area contributed by atoms with Crippen molar-refractivity contribution in [3.8, 4) is 23.0 Å². The molecule has 0 fully saturated rings. The van der Waals surface area contributed by atoms with Gasteiger partial charge in [-0.1, -0.05) is 23.2 Å². The number of carbonyl (C=O) groups excluding carboxylic acids is 2. The maximum Gasteiger partial charge on any atom is 0.224 e. The maximum absolute atomic E-state index is 12.3. The van der Waals surface area contributed by atoms with Gasteiger partial charge in [-0.25, -0.2) is 0 Å². The molecule has 2 N–H and O–H groups in total. The minimum atomic E-state index is -0.211. The molecule has 8 nitrogen and oxygen atoms in total. The smallest absolute Gasteiger partial charge is 0.224 e. The predicted octanol–water partition coefficient (Wildman–Crippen LogP) is 5.17. The Morgan fingerprint density at radius 1 is 0.656 bits per heavy atom. The Labute approximate surface area is 197 Å². The summed E-state index contributed by atoms with van der Waals surface area (Å²) in [6.07, 6.45) is 1.51. The molecule has 0 saturated carbocycles. The second-order valence-electron chi connectivity index (χ2n) is 6.68. The van der Waals surface area contributed by atoms with Crippen LogP contribution in [-0.2, 0) is 9.59 Å². The van der Waals surface area contributed by atoms with E-state index in [0.717, 1.165) is 0 Å². The number of rotatable bonds is 11. The molecule has 2 aromatic rings. The number of methoxy groups -OCH3 is 4. The van der Waals surface area contributed by atoms with E-state index in [1.807, 2.05) is 0 Å². The van der Waals surface area contributed by atoms with Crippen LogP contribution >= 0.6 is 23.2 Å². The molecule has 0 saturated heterocycles. The Kier molecular flexibility index (Phi) is 9.74. The molecule has 0 aromatic heterocycles. The second kappa shape index (κ2) is 12.3. The van der Waals surface area contributed by atoms with Gasteiger partial charge in [0.05, 0.1) is 49.9 Å². The van der Waals surface area contributed by atoms with Gasteiger partial charge in [-0.15, -0.1) is 0 Å². The molecule has 10 heteroatoms. The van der Waals surface area contributed by atoms with Crippen molar-refractivity contribution in [2.75, 3.05) is 39.1 Å². The van der Waals surface area contributed by atoms with Gasteiger partial charge in [0.25, 0.3) is 0 Å². The second-order valence-corrected chi connectivity index (χ2v) is 7.49. The quantitative estimate of drug-likeness (QED) is 0.427. The topological polar surface area (TPSA) is 95.1 Å². The van der Waals surface area contributed by atoms with E-state index in [4.69, 9.17) is 42.1 Å². The summed E-state index contributed by atoms with van der Waals surface area (Å²) in [6.45, 7) is 0. The molecule has 0 spiro atoms. The Morgan fingerprint density at radius 2 is 1.00 bits per heavy atom. The van der Waals surface area contributed by atoms with E-state index >= 15 is 0 Å². The highest BCUT2D eigenvalue weighted by atomic mass is 35.5. The van der Waals surface area contributed by atoms with Crippen LogP contribution in [0.15, 0.2) is 24.3 Å². The van der Waals surface area contributed by atoms with Gasteiger partial charge in [0.15, 0.2) is 0 Å². The zero-order valence-corrected chi connectivity index (χ0v) is 19.9. The summed E-state index contributed by atoms with van der Waals surface area (Å²) in [5.74, 6) is 1.28. The van der Waals surface area contributed by atoms with Crippen molar-refractivity contribution in [2.45, 2.75) is 25.7 Å². The first-order valence-corrected chi connectivity index (χ1v) is 10.5. The van der Waals surface area contributed by atoms with Crippen LogP contribution in [0.4, 0.5) is 11.4 Å². The summed E-state index contributed by atoms with van der Waals surface area (Å²) in [5.41, 5.74) is 0.917. The van der Waals surface area contributed by atoms with Crippen molar-refractivity contribution in [3.63, 3.8) is 0 Å². The van der Waals surface area contributed by atoms with E-state index in [2.05, 4.69) is 10.6 Å². The molecule has 0 aliphatic heterocycles. The van der Waals surface area contributed by atoms with Crippen molar-refractivity contribution < 1.29 is 28.5 Å². The standard InChI is InChI=1S/C22H26Cl2N2O6/c1-29-17-11-15(19(31-3)9-13(17)23)25-21(27)7-5-6-8-22(28)26-16-12-18(30-2)14(24)10-20(16)32-4/h9-12H,5-8H2,1-4H3,(H,25,27)(H,26,28). The molecule has 2 rings (SSSR count). The Bertz CT molecular complexity index is 890. The Morgan fingerprint density at radius 3 is 1.31 bits per heavy atom. The predicted molar refractivity (Wildman–Crippen MR) is 125 cm³/mol. The lowest BCUT2D eigenvalue weighted by Crippen LogP contribution is -2.14. The van der Waals surface area contributed by atoms with Crippen molar-refractivity contribution in [3.05, 3.63) is 34.3 Å². The summed E-state index contributed by atoms with van der Waals surface area (Å²) in [6, 6.07) is 6.33. The van der Waals surface area contributed by atoms with E-state index in [1.165, 1.54) is 28.4 Å². The van der Waals surface area contributed by atoms with Crippen LogP contribution in [0.3, 0.4) is 0 Å². The summed E-state index contributed by atoms with van der Waals surface area (Å²) in [5, 5.41) is 6.31. The fourth-order valence-electron chi connectivity index (χ4n) is 2.91. The fourth-order valence-corrected chi connectivity index (χ4v) is 3.37. The molecular formula is C22H26Cl2N2O6.